The predicted octanol–water partition coefficient (Wildman–Crippen LogP) is 5.81. The maximum absolute atomic E-state index is 13.2. The number of furan rings is 1. The van der Waals surface area contributed by atoms with E-state index in [1.807, 2.05) is 73.7 Å². The number of ether oxygens (including phenoxy) is 1. The van der Waals surface area contributed by atoms with E-state index in [-0.39, 0.29) is 17.4 Å². The van der Waals surface area contributed by atoms with Crippen LogP contribution in [0.4, 0.5) is 11.4 Å². The minimum absolute atomic E-state index is 0.0770. The SMILES string of the molecule is CCN1C(=O)C(C)(C)C(=O)N(C)c2cc(OCCCNCc3ccnc(CCn4ccc5oc(-c6ccccc6)cc5c4=O)c3)ccc21. The molecule has 0 unspecified atom stereocenters. The molecule has 1 aliphatic rings. The molecule has 0 spiro atoms. The van der Waals surface area contributed by atoms with Crippen LogP contribution in [0.15, 0.2) is 94.4 Å². The van der Waals surface area contributed by atoms with Gasteiger partial charge in [0.15, 0.2) is 0 Å². The Kier molecular flexibility index (Phi) is 9.45. The van der Waals surface area contributed by atoms with E-state index in [1.165, 1.54) is 0 Å². The quantitative estimate of drug-likeness (QED) is 0.134. The highest BCUT2D eigenvalue weighted by atomic mass is 16.5. The largest absolute Gasteiger partial charge is 0.493 e. The minimum Gasteiger partial charge on any atom is -0.493 e. The van der Waals surface area contributed by atoms with E-state index in [9.17, 15) is 14.4 Å². The fourth-order valence-electron chi connectivity index (χ4n) is 6.10. The Bertz CT molecular complexity index is 2000. The Morgan fingerprint density at radius 2 is 1.75 bits per heavy atom. The summed E-state index contributed by atoms with van der Waals surface area (Å²) in [6, 6.07) is 23.0. The van der Waals surface area contributed by atoms with Crippen LogP contribution < -0.4 is 25.4 Å². The lowest BCUT2D eigenvalue weighted by Crippen LogP contribution is -2.47. The molecule has 0 fully saturated rings. The van der Waals surface area contributed by atoms with Crippen molar-refractivity contribution in [1.82, 2.24) is 14.9 Å². The summed E-state index contributed by atoms with van der Waals surface area (Å²) < 4.78 is 13.7. The molecule has 6 rings (SSSR count). The molecule has 10 nitrogen and oxygen atoms in total. The van der Waals surface area contributed by atoms with Crippen molar-refractivity contribution in [2.75, 3.05) is 36.5 Å². The average Bonchev–Trinajstić information content (AvgIpc) is 3.54. The van der Waals surface area contributed by atoms with Crippen LogP contribution >= 0.6 is 0 Å². The van der Waals surface area contributed by atoms with Crippen LogP contribution in [0.5, 0.6) is 5.75 Å². The number of nitrogens with zero attached hydrogens (tertiary/aromatic N) is 4. The number of fused-ring (bicyclic) bond motifs is 2. The van der Waals surface area contributed by atoms with Gasteiger partial charge in [-0.25, -0.2) is 0 Å². The lowest BCUT2D eigenvalue weighted by Gasteiger charge is -2.27. The summed E-state index contributed by atoms with van der Waals surface area (Å²) in [7, 11) is 1.70. The predicted molar refractivity (Wildman–Crippen MR) is 187 cm³/mol. The van der Waals surface area contributed by atoms with Crippen LogP contribution in [0.3, 0.4) is 0 Å². The number of hydrogen-bond donors (Lipinski definition) is 1. The van der Waals surface area contributed by atoms with Crippen molar-refractivity contribution in [1.29, 1.82) is 0 Å². The molecule has 2 aromatic carbocycles. The molecule has 0 bridgehead atoms. The van der Waals surface area contributed by atoms with Gasteiger partial charge >= 0.3 is 0 Å². The molecule has 0 saturated carbocycles. The summed E-state index contributed by atoms with van der Waals surface area (Å²) in [6.07, 6.45) is 4.99. The number of carbonyl (C=O) groups excluding carboxylic acids is 2. The van der Waals surface area contributed by atoms with Gasteiger partial charge in [0.05, 0.1) is 23.4 Å². The number of aromatic nitrogens is 2. The summed E-state index contributed by atoms with van der Waals surface area (Å²) in [5.74, 6) is 0.882. The molecule has 3 aromatic heterocycles. The summed E-state index contributed by atoms with van der Waals surface area (Å²) in [4.78, 5) is 47.1. The first kappa shape index (κ1) is 32.7. The van der Waals surface area contributed by atoms with Gasteiger partial charge in [0.25, 0.3) is 5.56 Å². The molecule has 0 aliphatic carbocycles. The Balaban J connectivity index is 0.989. The molecule has 4 heterocycles. The highest BCUT2D eigenvalue weighted by Crippen LogP contribution is 2.40. The van der Waals surface area contributed by atoms with Gasteiger partial charge in [-0.15, -0.1) is 0 Å². The molecular weight excluding hydrogens is 606 g/mol. The van der Waals surface area contributed by atoms with E-state index in [4.69, 9.17) is 9.15 Å². The first-order valence-corrected chi connectivity index (χ1v) is 16.4. The maximum atomic E-state index is 13.2. The number of amides is 2. The highest BCUT2D eigenvalue weighted by molar-refractivity contribution is 6.20. The Labute approximate surface area is 279 Å². The van der Waals surface area contributed by atoms with E-state index < -0.39 is 5.41 Å². The number of benzene rings is 2. The molecule has 0 saturated heterocycles. The zero-order chi connectivity index (χ0) is 33.8. The number of hydrogen-bond acceptors (Lipinski definition) is 7. The van der Waals surface area contributed by atoms with E-state index in [2.05, 4.69) is 16.4 Å². The molecule has 1 aliphatic heterocycles. The van der Waals surface area contributed by atoms with Gasteiger partial charge in [-0.2, -0.15) is 0 Å². The minimum atomic E-state index is -1.14. The Hall–Kier alpha value is -5.22. The van der Waals surface area contributed by atoms with Crippen molar-refractivity contribution in [3.05, 3.63) is 107 Å². The van der Waals surface area contributed by atoms with E-state index >= 15 is 0 Å². The number of aryl methyl sites for hydroxylation is 2. The van der Waals surface area contributed by atoms with Gasteiger partial charge in [0.1, 0.15) is 22.5 Å². The van der Waals surface area contributed by atoms with Gasteiger partial charge in [-0.3, -0.25) is 19.4 Å². The lowest BCUT2D eigenvalue weighted by molar-refractivity contribution is -0.137. The number of rotatable bonds is 12. The first-order chi connectivity index (χ1) is 23.2. The third-order valence-corrected chi connectivity index (χ3v) is 8.84. The van der Waals surface area contributed by atoms with Crippen molar-refractivity contribution in [3.8, 4) is 17.1 Å². The van der Waals surface area contributed by atoms with Crippen LogP contribution in [0.1, 0.15) is 38.4 Å². The number of nitrogens with one attached hydrogen (secondary N) is 1. The molecule has 10 heteroatoms. The van der Waals surface area contributed by atoms with Gasteiger partial charge in [-0.05, 0) is 75.7 Å². The van der Waals surface area contributed by atoms with E-state index in [1.54, 1.807) is 47.7 Å². The van der Waals surface area contributed by atoms with Crippen molar-refractivity contribution in [2.45, 2.75) is 46.7 Å². The van der Waals surface area contributed by atoms with Crippen LogP contribution in [-0.4, -0.2) is 48.1 Å². The summed E-state index contributed by atoms with van der Waals surface area (Å²) in [5, 5.41) is 4.03. The molecule has 0 radical (unpaired) electrons. The molecule has 1 N–H and O–H groups in total. The number of carbonyl (C=O) groups is 2. The fraction of sp³-hybridized carbons (Fsp3) is 0.316. The maximum Gasteiger partial charge on any atom is 0.261 e. The van der Waals surface area contributed by atoms with Crippen molar-refractivity contribution in [3.63, 3.8) is 0 Å². The Morgan fingerprint density at radius 3 is 2.54 bits per heavy atom. The zero-order valence-corrected chi connectivity index (χ0v) is 27.9. The van der Waals surface area contributed by atoms with Gasteiger partial charge < -0.3 is 28.8 Å². The monoisotopic (exact) mass is 647 g/mol. The van der Waals surface area contributed by atoms with E-state index in [0.717, 1.165) is 29.8 Å². The van der Waals surface area contributed by atoms with Crippen molar-refractivity contribution >= 4 is 34.2 Å². The summed E-state index contributed by atoms with van der Waals surface area (Å²) >= 11 is 0. The van der Waals surface area contributed by atoms with Crippen LogP contribution in [-0.2, 0) is 29.1 Å². The third-order valence-electron chi connectivity index (χ3n) is 8.84. The highest BCUT2D eigenvalue weighted by Gasteiger charge is 2.45. The van der Waals surface area contributed by atoms with Gasteiger partial charge in [-0.1, -0.05) is 30.3 Å². The second kappa shape index (κ2) is 13.9. The molecule has 48 heavy (non-hydrogen) atoms. The fourth-order valence-corrected chi connectivity index (χ4v) is 6.10. The average molecular weight is 648 g/mol. The number of pyridine rings is 2. The smallest absolute Gasteiger partial charge is 0.261 e. The first-order valence-electron chi connectivity index (χ1n) is 16.4. The molecule has 248 valence electrons. The van der Waals surface area contributed by atoms with E-state index in [0.29, 0.717) is 66.5 Å². The topological polar surface area (TPSA) is 110 Å². The van der Waals surface area contributed by atoms with Crippen LogP contribution in [0.25, 0.3) is 22.3 Å². The molecular formula is C38H41N5O5. The normalized spacial score (nSPS) is 14.3. The van der Waals surface area contributed by atoms with Crippen molar-refractivity contribution < 1.29 is 18.7 Å². The molecule has 0 atom stereocenters. The standard InChI is InChI=1S/C38H41N5O5/c1-5-43-31-13-12-29(23-32(31)41(4)36(45)38(2,3)37(43)46)47-21-9-17-39-25-26-14-18-40-28(22-26)15-19-42-20-16-33-30(35(42)44)24-34(48-33)27-10-7-6-8-11-27/h6-8,10-14,16,18,20,22-24,39H,5,9,15,17,19,21,25H2,1-4H3. The van der Waals surface area contributed by atoms with Crippen LogP contribution in [0.2, 0.25) is 0 Å². The second-order valence-corrected chi connectivity index (χ2v) is 12.5. The molecule has 2 amide bonds. The lowest BCUT2D eigenvalue weighted by atomic mass is 9.90. The Morgan fingerprint density at radius 1 is 0.938 bits per heavy atom. The summed E-state index contributed by atoms with van der Waals surface area (Å²) in [6.45, 7) is 8.17. The number of anilines is 2. The second-order valence-electron chi connectivity index (χ2n) is 12.5. The third kappa shape index (κ3) is 6.61. The van der Waals surface area contributed by atoms with Gasteiger partial charge in [0, 0.05) is 62.8 Å². The zero-order valence-electron chi connectivity index (χ0n) is 27.9. The van der Waals surface area contributed by atoms with Crippen molar-refractivity contribution in [2.24, 2.45) is 5.41 Å². The van der Waals surface area contributed by atoms with Gasteiger partial charge in [0.2, 0.25) is 11.8 Å². The molecule has 5 aromatic rings. The van der Waals surface area contributed by atoms with Crippen LogP contribution in [0, 0.1) is 5.41 Å². The summed E-state index contributed by atoms with van der Waals surface area (Å²) in [5.41, 5.74) is 3.70.